The van der Waals surface area contributed by atoms with E-state index in [2.05, 4.69) is 20.3 Å². The zero-order valence-corrected chi connectivity index (χ0v) is 16.3. The minimum Gasteiger partial charge on any atom is -0.459 e. The lowest BCUT2D eigenvalue weighted by Crippen LogP contribution is -2.22. The van der Waals surface area contributed by atoms with Gasteiger partial charge in [0.2, 0.25) is 5.91 Å². The number of esters is 1. The van der Waals surface area contributed by atoms with E-state index in [4.69, 9.17) is 4.74 Å². The average Bonchev–Trinajstić information content (AvgIpc) is 2.87. The molecule has 0 radical (unpaired) electrons. The van der Waals surface area contributed by atoms with Crippen LogP contribution in [0.2, 0.25) is 0 Å². The Balaban J connectivity index is 2.01. The summed E-state index contributed by atoms with van der Waals surface area (Å²) in [6, 6.07) is 1.82. The van der Waals surface area contributed by atoms with Crippen LogP contribution in [-0.2, 0) is 9.53 Å². The third-order valence-electron chi connectivity index (χ3n) is 3.00. The van der Waals surface area contributed by atoms with Crippen LogP contribution in [0.1, 0.15) is 41.8 Å². The average molecular weight is 380 g/mol. The maximum absolute atomic E-state index is 12.3. The molecule has 134 valence electrons. The molecule has 0 saturated heterocycles. The molecule has 0 aliphatic carbocycles. The van der Waals surface area contributed by atoms with E-state index in [1.165, 1.54) is 18.1 Å². The minimum absolute atomic E-state index is 0.209. The molecule has 1 unspecified atom stereocenters. The fourth-order valence-electron chi connectivity index (χ4n) is 1.84. The number of rotatable bonds is 6. The van der Waals surface area contributed by atoms with Gasteiger partial charge in [0.15, 0.2) is 5.13 Å². The summed E-state index contributed by atoms with van der Waals surface area (Å²) in [5.41, 5.74) is 1.38. The molecule has 9 heteroatoms. The van der Waals surface area contributed by atoms with Crippen molar-refractivity contribution in [1.29, 1.82) is 0 Å². The molecule has 0 bridgehead atoms. The van der Waals surface area contributed by atoms with Gasteiger partial charge in [-0.2, -0.15) is 0 Å². The summed E-state index contributed by atoms with van der Waals surface area (Å²) >= 11 is 2.44. The van der Waals surface area contributed by atoms with Gasteiger partial charge in [0.05, 0.1) is 17.0 Å². The van der Waals surface area contributed by atoms with E-state index in [1.54, 1.807) is 27.7 Å². The summed E-state index contributed by atoms with van der Waals surface area (Å²) in [4.78, 5) is 37.1. The fourth-order valence-corrected chi connectivity index (χ4v) is 3.57. The van der Waals surface area contributed by atoms with Crippen molar-refractivity contribution in [2.75, 3.05) is 5.32 Å². The van der Waals surface area contributed by atoms with Gasteiger partial charge < -0.3 is 10.1 Å². The summed E-state index contributed by atoms with van der Waals surface area (Å²) in [6.45, 7) is 8.93. The molecule has 2 rings (SSSR count). The first kappa shape index (κ1) is 19.3. The van der Waals surface area contributed by atoms with E-state index in [1.807, 2.05) is 13.0 Å². The highest BCUT2D eigenvalue weighted by atomic mass is 32.2. The summed E-state index contributed by atoms with van der Waals surface area (Å²) in [6.07, 6.45) is 1.26. The minimum atomic E-state index is -0.426. The largest absolute Gasteiger partial charge is 0.459 e. The number of ether oxygens (including phenoxy) is 1. The second-order valence-corrected chi connectivity index (χ2v) is 7.99. The van der Waals surface area contributed by atoms with E-state index < -0.39 is 5.97 Å². The third-order valence-corrected chi connectivity index (χ3v) is 5.09. The van der Waals surface area contributed by atoms with Crippen molar-refractivity contribution in [3.8, 4) is 0 Å². The maximum atomic E-state index is 12.3. The zero-order chi connectivity index (χ0) is 18.6. The quantitative estimate of drug-likeness (QED) is 0.467. The van der Waals surface area contributed by atoms with Crippen LogP contribution in [0.15, 0.2) is 17.4 Å². The van der Waals surface area contributed by atoms with Crippen LogP contribution in [0.3, 0.4) is 0 Å². The lowest BCUT2D eigenvalue weighted by Gasteiger charge is -2.09. The Morgan fingerprint density at radius 2 is 1.96 bits per heavy atom. The number of carbonyl (C=O) groups is 2. The van der Waals surface area contributed by atoms with Gasteiger partial charge in [-0.05, 0) is 40.7 Å². The van der Waals surface area contributed by atoms with Crippen LogP contribution >= 0.6 is 23.1 Å². The highest BCUT2D eigenvalue weighted by Gasteiger charge is 2.21. The van der Waals surface area contributed by atoms with Crippen LogP contribution in [0.5, 0.6) is 0 Å². The Morgan fingerprint density at radius 3 is 2.60 bits per heavy atom. The molecule has 0 spiro atoms. The molecule has 0 fully saturated rings. The van der Waals surface area contributed by atoms with Crippen LogP contribution < -0.4 is 5.32 Å². The van der Waals surface area contributed by atoms with Crippen molar-refractivity contribution < 1.29 is 14.3 Å². The van der Waals surface area contributed by atoms with E-state index in [-0.39, 0.29) is 17.3 Å². The van der Waals surface area contributed by atoms with Gasteiger partial charge in [-0.15, -0.1) is 0 Å². The molecule has 2 aromatic heterocycles. The Bertz CT molecular complexity index is 776. The van der Waals surface area contributed by atoms with Gasteiger partial charge in [0, 0.05) is 5.69 Å². The molecule has 0 aliphatic heterocycles. The molecule has 0 aliphatic rings. The number of hydrogen-bond donors (Lipinski definition) is 1. The number of carbonyl (C=O) groups excluding carboxylic acids is 2. The van der Waals surface area contributed by atoms with Gasteiger partial charge >= 0.3 is 5.97 Å². The Hall–Kier alpha value is -2.00. The van der Waals surface area contributed by atoms with Crippen LogP contribution in [0, 0.1) is 13.8 Å². The first-order chi connectivity index (χ1) is 11.8. The lowest BCUT2D eigenvalue weighted by atomic mass is 10.4. The summed E-state index contributed by atoms with van der Waals surface area (Å²) in [5, 5.41) is 3.48. The topological polar surface area (TPSA) is 94.1 Å². The Morgan fingerprint density at radius 1 is 1.24 bits per heavy atom. The number of nitrogens with one attached hydrogen (secondary N) is 1. The fraction of sp³-hybridized carbons (Fsp3) is 0.438. The van der Waals surface area contributed by atoms with Crippen molar-refractivity contribution in [1.82, 2.24) is 15.0 Å². The molecule has 0 aromatic carbocycles. The van der Waals surface area contributed by atoms with Crippen LogP contribution in [-0.4, -0.2) is 38.2 Å². The number of anilines is 1. The van der Waals surface area contributed by atoms with E-state index >= 15 is 0 Å². The number of aryl methyl sites for hydroxylation is 2. The molecule has 7 nitrogen and oxygen atoms in total. The number of hydrogen-bond acceptors (Lipinski definition) is 8. The smallest absolute Gasteiger partial charge is 0.350 e. The lowest BCUT2D eigenvalue weighted by molar-refractivity contribution is -0.115. The molecule has 25 heavy (non-hydrogen) atoms. The predicted octanol–water partition coefficient (Wildman–Crippen LogP) is 3.23. The zero-order valence-electron chi connectivity index (χ0n) is 14.7. The first-order valence-corrected chi connectivity index (χ1v) is 9.40. The van der Waals surface area contributed by atoms with Gasteiger partial charge in [-0.3, -0.25) is 4.79 Å². The van der Waals surface area contributed by atoms with Gasteiger partial charge in [-0.25, -0.2) is 19.7 Å². The molecule has 1 N–H and O–H groups in total. The summed E-state index contributed by atoms with van der Waals surface area (Å²) in [5.74, 6) is -0.636. The molecule has 1 atom stereocenters. The van der Waals surface area contributed by atoms with Crippen molar-refractivity contribution in [3.05, 3.63) is 28.7 Å². The summed E-state index contributed by atoms with van der Waals surface area (Å²) < 4.78 is 5.17. The van der Waals surface area contributed by atoms with Gasteiger partial charge in [0.25, 0.3) is 0 Å². The second-order valence-electron chi connectivity index (χ2n) is 5.63. The molecule has 2 heterocycles. The van der Waals surface area contributed by atoms with Crippen molar-refractivity contribution in [2.45, 2.75) is 51.0 Å². The third kappa shape index (κ3) is 5.50. The second kappa shape index (κ2) is 8.39. The van der Waals surface area contributed by atoms with Gasteiger partial charge in [-0.1, -0.05) is 23.1 Å². The monoisotopic (exact) mass is 380 g/mol. The Kier molecular flexibility index (Phi) is 6.49. The summed E-state index contributed by atoms with van der Waals surface area (Å²) in [7, 11) is 0. The number of nitrogens with zero attached hydrogens (tertiary/aromatic N) is 3. The highest BCUT2D eigenvalue weighted by molar-refractivity contribution is 8.00. The number of aromatic nitrogens is 3. The normalized spacial score (nSPS) is 12.1. The predicted molar refractivity (Wildman–Crippen MR) is 98.1 cm³/mol. The van der Waals surface area contributed by atoms with Crippen LogP contribution in [0.4, 0.5) is 5.13 Å². The van der Waals surface area contributed by atoms with Crippen molar-refractivity contribution in [2.24, 2.45) is 0 Å². The molecule has 2 aromatic rings. The highest BCUT2D eigenvalue weighted by Crippen LogP contribution is 2.26. The molecule has 1 amide bonds. The van der Waals surface area contributed by atoms with Crippen molar-refractivity contribution >= 4 is 40.1 Å². The molecule has 0 saturated carbocycles. The Labute approximate surface area is 154 Å². The van der Waals surface area contributed by atoms with E-state index in [9.17, 15) is 9.59 Å². The van der Waals surface area contributed by atoms with Crippen LogP contribution in [0.25, 0.3) is 0 Å². The molecular formula is C16H20N4O3S2. The maximum Gasteiger partial charge on any atom is 0.350 e. The number of thioether (sulfide) groups is 1. The molecular weight excluding hydrogens is 360 g/mol. The van der Waals surface area contributed by atoms with Crippen molar-refractivity contribution in [3.63, 3.8) is 0 Å². The first-order valence-electron chi connectivity index (χ1n) is 7.71. The SMILES string of the molecule is Cc1cc(SC(C)C(=O)Nc2nc(C)c(C(=O)OC(C)C)s2)ncn1. The standard InChI is InChI=1S/C16H20N4O3S2/c1-8(2)23-15(22)13-10(4)19-16(25-13)20-14(21)11(5)24-12-6-9(3)17-7-18-12/h6-8,11H,1-5H3,(H,19,20,21). The van der Waals surface area contributed by atoms with E-state index in [0.717, 1.165) is 22.1 Å². The number of amides is 1. The van der Waals surface area contributed by atoms with E-state index in [0.29, 0.717) is 15.7 Å². The number of thiazole rings is 1. The van der Waals surface area contributed by atoms with Gasteiger partial charge in [0.1, 0.15) is 16.2 Å².